The summed E-state index contributed by atoms with van der Waals surface area (Å²) in [5, 5.41) is 12.6. The third-order valence-electron chi connectivity index (χ3n) is 2.48. The molecule has 0 atom stereocenters. The zero-order valence-electron chi connectivity index (χ0n) is 8.64. The first kappa shape index (κ1) is 10.9. The first-order valence-electron chi connectivity index (χ1n) is 5.03. The number of rotatable bonds is 3. The zero-order chi connectivity index (χ0) is 11.5. The van der Waals surface area contributed by atoms with E-state index in [9.17, 15) is 4.79 Å². The Bertz CT molecular complexity index is 434. The second-order valence-corrected chi connectivity index (χ2v) is 3.97. The molecule has 16 heavy (non-hydrogen) atoms. The van der Waals surface area contributed by atoms with Crippen LogP contribution < -0.4 is 10.2 Å². The third-order valence-corrected chi connectivity index (χ3v) is 2.85. The molecule has 84 valence electrons. The number of thiocarbonyl (C=S) groups is 1. The highest BCUT2D eigenvalue weighted by molar-refractivity contribution is 7.80. The van der Waals surface area contributed by atoms with Gasteiger partial charge in [0.15, 0.2) is 5.11 Å². The van der Waals surface area contributed by atoms with Crippen LogP contribution in [0.1, 0.15) is 5.56 Å². The maximum absolute atomic E-state index is 10.8. The van der Waals surface area contributed by atoms with Gasteiger partial charge in [-0.05, 0) is 23.8 Å². The molecule has 1 aliphatic heterocycles. The number of para-hydroxylation sites is 1. The minimum Gasteiger partial charge on any atom is -0.481 e. The molecule has 0 aliphatic carbocycles. The van der Waals surface area contributed by atoms with Gasteiger partial charge in [-0.2, -0.15) is 0 Å². The van der Waals surface area contributed by atoms with E-state index >= 15 is 0 Å². The molecule has 1 heterocycles. The van der Waals surface area contributed by atoms with Crippen molar-refractivity contribution in [3.05, 3.63) is 29.8 Å². The van der Waals surface area contributed by atoms with E-state index in [1.54, 1.807) is 0 Å². The van der Waals surface area contributed by atoms with Crippen LogP contribution in [-0.2, 0) is 11.2 Å². The van der Waals surface area contributed by atoms with Gasteiger partial charge in [-0.25, -0.2) is 0 Å². The molecule has 1 aromatic rings. The summed E-state index contributed by atoms with van der Waals surface area (Å²) in [6, 6.07) is 7.46. The standard InChI is InChI=1S/C11H12N2O2S/c14-10(15)7-8-3-1-2-4-9(8)13-6-5-12-11(13)16/h1-4H,5-7H2,(H,12,16)(H,14,15). The Balaban J connectivity index is 2.32. The van der Waals surface area contributed by atoms with Crippen molar-refractivity contribution < 1.29 is 9.90 Å². The molecule has 1 aromatic carbocycles. The summed E-state index contributed by atoms with van der Waals surface area (Å²) in [6.07, 6.45) is 0.0231. The van der Waals surface area contributed by atoms with Crippen LogP contribution in [0.2, 0.25) is 0 Å². The van der Waals surface area contributed by atoms with E-state index in [0.717, 1.165) is 24.3 Å². The molecule has 0 bridgehead atoms. The summed E-state index contributed by atoms with van der Waals surface area (Å²) in [7, 11) is 0. The maximum atomic E-state index is 10.8. The predicted molar refractivity (Wildman–Crippen MR) is 65.7 cm³/mol. The second kappa shape index (κ2) is 4.49. The minimum atomic E-state index is -0.828. The molecule has 0 radical (unpaired) electrons. The van der Waals surface area contributed by atoms with Crippen molar-refractivity contribution in [1.29, 1.82) is 0 Å². The minimum absolute atomic E-state index is 0.0231. The van der Waals surface area contributed by atoms with Crippen LogP contribution in [0, 0.1) is 0 Å². The highest BCUT2D eigenvalue weighted by Gasteiger charge is 2.20. The van der Waals surface area contributed by atoms with Gasteiger partial charge in [0.2, 0.25) is 0 Å². The Hall–Kier alpha value is -1.62. The van der Waals surface area contributed by atoms with Gasteiger partial charge in [0.25, 0.3) is 0 Å². The number of hydrogen-bond donors (Lipinski definition) is 2. The van der Waals surface area contributed by atoms with Crippen molar-refractivity contribution in [3.63, 3.8) is 0 Å². The highest BCUT2D eigenvalue weighted by atomic mass is 32.1. The average molecular weight is 236 g/mol. The van der Waals surface area contributed by atoms with Gasteiger partial charge in [-0.15, -0.1) is 0 Å². The Morgan fingerprint density at radius 2 is 2.25 bits per heavy atom. The Morgan fingerprint density at radius 1 is 1.50 bits per heavy atom. The van der Waals surface area contributed by atoms with Crippen molar-refractivity contribution in [2.24, 2.45) is 0 Å². The fourth-order valence-corrected chi connectivity index (χ4v) is 2.08. The van der Waals surface area contributed by atoms with Crippen molar-refractivity contribution in [2.75, 3.05) is 18.0 Å². The van der Waals surface area contributed by atoms with E-state index < -0.39 is 5.97 Å². The Kier molecular flexibility index (Phi) is 3.05. The monoisotopic (exact) mass is 236 g/mol. The van der Waals surface area contributed by atoms with E-state index in [1.165, 1.54) is 0 Å². The largest absolute Gasteiger partial charge is 0.481 e. The number of aliphatic carboxylic acids is 1. The summed E-state index contributed by atoms with van der Waals surface area (Å²) in [5.41, 5.74) is 1.68. The summed E-state index contributed by atoms with van der Waals surface area (Å²) in [6.45, 7) is 1.59. The molecule has 1 fully saturated rings. The number of nitrogens with zero attached hydrogens (tertiary/aromatic N) is 1. The molecule has 0 spiro atoms. The molecule has 0 amide bonds. The van der Waals surface area contributed by atoms with E-state index in [-0.39, 0.29) is 6.42 Å². The molecule has 2 rings (SSSR count). The first-order chi connectivity index (χ1) is 7.68. The van der Waals surface area contributed by atoms with Crippen LogP contribution in [0.25, 0.3) is 0 Å². The first-order valence-corrected chi connectivity index (χ1v) is 5.44. The normalized spacial score (nSPS) is 15.0. The number of nitrogens with one attached hydrogen (secondary N) is 1. The molecule has 5 heteroatoms. The summed E-state index contributed by atoms with van der Waals surface area (Å²) < 4.78 is 0. The molecule has 0 aromatic heterocycles. The molecule has 0 saturated carbocycles. The molecule has 2 N–H and O–H groups in total. The SMILES string of the molecule is O=C(O)Cc1ccccc1N1CCNC1=S. The van der Waals surface area contributed by atoms with Crippen molar-refractivity contribution in [2.45, 2.75) is 6.42 Å². The Labute approximate surface area is 98.9 Å². The van der Waals surface area contributed by atoms with Crippen LogP contribution >= 0.6 is 12.2 Å². The summed E-state index contributed by atoms with van der Waals surface area (Å²) >= 11 is 5.16. The van der Waals surface area contributed by atoms with Crippen molar-refractivity contribution >= 4 is 29.0 Å². The predicted octanol–water partition coefficient (Wildman–Crippen LogP) is 1.01. The quantitative estimate of drug-likeness (QED) is 0.767. The highest BCUT2D eigenvalue weighted by Crippen LogP contribution is 2.22. The fourth-order valence-electron chi connectivity index (χ4n) is 1.79. The number of benzene rings is 1. The van der Waals surface area contributed by atoms with Gasteiger partial charge in [-0.3, -0.25) is 4.79 Å². The van der Waals surface area contributed by atoms with Gasteiger partial charge in [0.1, 0.15) is 0 Å². The van der Waals surface area contributed by atoms with E-state index in [2.05, 4.69) is 5.32 Å². The Morgan fingerprint density at radius 3 is 2.88 bits per heavy atom. The van der Waals surface area contributed by atoms with Crippen LogP contribution in [0.5, 0.6) is 0 Å². The lowest BCUT2D eigenvalue weighted by atomic mass is 10.1. The van der Waals surface area contributed by atoms with Crippen molar-refractivity contribution in [1.82, 2.24) is 5.32 Å². The van der Waals surface area contributed by atoms with Crippen LogP contribution in [0.3, 0.4) is 0 Å². The lowest BCUT2D eigenvalue weighted by molar-refractivity contribution is -0.136. The molecular weight excluding hydrogens is 224 g/mol. The summed E-state index contributed by atoms with van der Waals surface area (Å²) in [5.74, 6) is -0.828. The zero-order valence-corrected chi connectivity index (χ0v) is 9.46. The topological polar surface area (TPSA) is 52.6 Å². The van der Waals surface area contributed by atoms with Gasteiger partial charge >= 0.3 is 5.97 Å². The third kappa shape index (κ3) is 2.14. The number of anilines is 1. The maximum Gasteiger partial charge on any atom is 0.307 e. The molecule has 0 unspecified atom stereocenters. The second-order valence-electron chi connectivity index (χ2n) is 3.58. The van der Waals surface area contributed by atoms with Crippen LogP contribution in [-0.4, -0.2) is 29.3 Å². The van der Waals surface area contributed by atoms with Gasteiger partial charge in [0.05, 0.1) is 6.42 Å². The molecule has 1 aliphatic rings. The lowest BCUT2D eigenvalue weighted by Gasteiger charge is -2.19. The molecule has 1 saturated heterocycles. The lowest BCUT2D eigenvalue weighted by Crippen LogP contribution is -2.28. The number of hydrogen-bond acceptors (Lipinski definition) is 2. The van der Waals surface area contributed by atoms with E-state index in [1.807, 2.05) is 29.2 Å². The number of carbonyl (C=O) groups is 1. The molecular formula is C11H12N2O2S. The van der Waals surface area contributed by atoms with Gasteiger partial charge in [0, 0.05) is 18.8 Å². The van der Waals surface area contributed by atoms with E-state index in [0.29, 0.717) is 5.11 Å². The van der Waals surface area contributed by atoms with Gasteiger partial charge < -0.3 is 15.3 Å². The van der Waals surface area contributed by atoms with Crippen molar-refractivity contribution in [3.8, 4) is 0 Å². The smallest absolute Gasteiger partial charge is 0.307 e. The summed E-state index contributed by atoms with van der Waals surface area (Å²) in [4.78, 5) is 12.7. The van der Waals surface area contributed by atoms with Crippen LogP contribution in [0.15, 0.2) is 24.3 Å². The number of carboxylic acid groups (broad SMARTS) is 1. The fraction of sp³-hybridized carbons (Fsp3) is 0.273. The average Bonchev–Trinajstić information content (AvgIpc) is 2.64. The molecule has 4 nitrogen and oxygen atoms in total. The van der Waals surface area contributed by atoms with E-state index in [4.69, 9.17) is 17.3 Å². The number of carboxylic acids is 1. The van der Waals surface area contributed by atoms with Gasteiger partial charge in [-0.1, -0.05) is 18.2 Å². The van der Waals surface area contributed by atoms with Crippen LogP contribution in [0.4, 0.5) is 5.69 Å².